The van der Waals surface area contributed by atoms with Gasteiger partial charge < -0.3 is 60.4 Å². The number of nitrogens with zero attached hydrogens (tertiary/aromatic N) is 7. The van der Waals surface area contributed by atoms with Gasteiger partial charge in [0.05, 0.1) is 25.9 Å². The lowest BCUT2D eigenvalue weighted by Crippen LogP contribution is -2.38. The molecule has 11 atom stereocenters. The summed E-state index contributed by atoms with van der Waals surface area (Å²) in [4.78, 5) is 82.2. The number of nitrogens with one attached hydrogen (secondary N) is 1. The summed E-state index contributed by atoms with van der Waals surface area (Å²) in [6, 6.07) is 0. The van der Waals surface area contributed by atoms with E-state index in [1.165, 1.54) is 4.57 Å². The first-order valence-electron chi connectivity index (χ1n) is 14.9. The highest BCUT2D eigenvalue weighted by molar-refractivity contribution is 7.66. The molecular weight excluding hydrogens is 836 g/mol. The number of ether oxygens (including phenoxy) is 3. The number of nitrogen functional groups attached to an aromatic ring is 2. The highest BCUT2D eigenvalue weighted by atomic mass is 31.3. The highest BCUT2D eigenvalue weighted by Crippen LogP contribution is 2.66. The average Bonchev–Trinajstić information content (AvgIpc) is 3.82. The van der Waals surface area contributed by atoms with Crippen LogP contribution in [0, 0.1) is 0 Å². The third-order valence-corrected chi connectivity index (χ3v) is 12.5. The fourth-order valence-corrected chi connectivity index (χ4v) is 9.54. The topological polar surface area (TPSA) is 443 Å². The fourth-order valence-electron chi connectivity index (χ4n) is 5.55. The molecule has 0 aliphatic carbocycles. The van der Waals surface area contributed by atoms with E-state index in [-0.39, 0.29) is 34.1 Å². The van der Waals surface area contributed by atoms with Gasteiger partial charge in [-0.1, -0.05) is 0 Å². The van der Waals surface area contributed by atoms with Crippen molar-refractivity contribution in [1.29, 1.82) is 0 Å². The summed E-state index contributed by atoms with van der Waals surface area (Å²) in [7, 11) is -21.7. The molecule has 2 aliphatic rings. The summed E-state index contributed by atoms with van der Waals surface area (Å²) in [6.07, 6.45) is -9.64. The molecule has 0 saturated carbocycles. The van der Waals surface area contributed by atoms with Crippen molar-refractivity contribution in [1.82, 2.24) is 39.0 Å². The number of hydrogen-bond acceptors (Lipinski definition) is 22. The van der Waals surface area contributed by atoms with Crippen LogP contribution in [0.1, 0.15) is 12.5 Å². The summed E-state index contributed by atoms with van der Waals surface area (Å²) in [5.74, 6) is -0.350. The summed E-state index contributed by atoms with van der Waals surface area (Å²) in [5.41, 5.74) is 10.6. The molecule has 304 valence electrons. The number of aromatic nitrogens is 8. The van der Waals surface area contributed by atoms with Gasteiger partial charge in [0.25, 0.3) is 5.56 Å². The van der Waals surface area contributed by atoms with Gasteiger partial charge in [-0.2, -0.15) is 13.6 Å². The number of methoxy groups -OCH3 is 1. The van der Waals surface area contributed by atoms with E-state index in [1.807, 2.05) is 0 Å². The van der Waals surface area contributed by atoms with E-state index in [0.717, 1.165) is 30.7 Å². The number of H-pyrrole nitrogens is 1. The second kappa shape index (κ2) is 15.3. The zero-order chi connectivity index (χ0) is 40.2. The van der Waals surface area contributed by atoms with Crippen LogP contribution in [-0.4, -0.2) is 131 Å². The monoisotopic (exact) mass is 866 g/mol. The third-order valence-electron chi connectivity index (χ3n) is 7.76. The van der Waals surface area contributed by atoms with Gasteiger partial charge in [0.1, 0.15) is 48.5 Å². The van der Waals surface area contributed by atoms with E-state index in [1.54, 1.807) is 0 Å². The molecule has 0 amide bonds. The van der Waals surface area contributed by atoms with E-state index < -0.39 is 99.1 Å². The van der Waals surface area contributed by atoms with E-state index in [2.05, 4.69) is 38.5 Å². The Morgan fingerprint density at radius 2 is 1.40 bits per heavy atom. The molecule has 34 heteroatoms. The van der Waals surface area contributed by atoms with Crippen molar-refractivity contribution < 1.29 is 89.3 Å². The Labute approximate surface area is 304 Å². The first-order chi connectivity index (χ1) is 25.6. The molecule has 0 bridgehead atoms. The Bertz CT molecular complexity index is 2320. The van der Waals surface area contributed by atoms with E-state index in [9.17, 15) is 47.9 Å². The van der Waals surface area contributed by atoms with Crippen LogP contribution in [0.15, 0.2) is 23.8 Å². The van der Waals surface area contributed by atoms with Crippen molar-refractivity contribution in [3.63, 3.8) is 0 Å². The second-order valence-corrected chi connectivity index (χ2v) is 17.2. The Morgan fingerprint density at radius 1 is 0.782 bits per heavy atom. The molecule has 0 aromatic carbocycles. The molecule has 2 saturated heterocycles. The van der Waals surface area contributed by atoms with Crippen LogP contribution in [0.5, 0.6) is 0 Å². The minimum absolute atomic E-state index is 0.0453. The molecular formula is C21H30N10O20P4. The van der Waals surface area contributed by atoms with Gasteiger partial charge in [0.2, 0.25) is 5.95 Å². The zero-order valence-electron chi connectivity index (χ0n) is 27.3. The second-order valence-electron chi connectivity index (χ2n) is 11.4. The minimum Gasteiger partial charge on any atom is -0.387 e. The number of phosphoric ester groups is 2. The van der Waals surface area contributed by atoms with E-state index in [0.29, 0.717) is 0 Å². The standard InChI is InChI=1S/C21H30N10O20P4/c1-44-14-13(49-53(38,39)45-2-7-11(32)12(33)19(47-7)31-6-27-10-17(31)28-21(23)29-18(10)34)8(3-46-54(40,41)51-55(42,43)50-52(35,36)37)48-20(14)30-5-26-9-15(22)24-4-25-16(9)30/h4-8,11-14,19-20,32-33H,2-3H2,1H3,(H,38,39)(H,40,41)(H,42,43)(H2,22,24,25)(H2,35,36,37)(H3,23,28,29,34)/t7-,8-,11-,12-,13-,14-,19-,20-/m1/s1. The first kappa shape index (κ1) is 41.5. The van der Waals surface area contributed by atoms with Crippen LogP contribution >= 0.6 is 31.3 Å². The predicted octanol–water partition coefficient (Wildman–Crippen LogP) is -2.50. The quantitative estimate of drug-likeness (QED) is 0.0552. The molecule has 12 N–H and O–H groups in total. The lowest BCUT2D eigenvalue weighted by Gasteiger charge is -2.26. The van der Waals surface area contributed by atoms with Crippen molar-refractivity contribution >= 4 is 65.4 Å². The Balaban J connectivity index is 1.21. The number of anilines is 2. The molecule has 6 heterocycles. The maximum absolute atomic E-state index is 13.4. The maximum atomic E-state index is 13.4. The SMILES string of the molecule is CO[C@@H]1[C@H](OP(=O)(O)OC[C@H]2O[C@@H](n3cnc4c(=O)[nH]c(N)nc43)[C@H](O)[C@@H]2O)[C@@H](COP(=O)(O)OP(=O)(O)OP(=O)(O)O)O[C@H]1n1cnc2c(N)ncnc21. The van der Waals surface area contributed by atoms with Crippen molar-refractivity contribution in [3.8, 4) is 0 Å². The van der Waals surface area contributed by atoms with Gasteiger partial charge in [-0.15, -0.1) is 0 Å². The number of aliphatic hydroxyl groups excluding tert-OH is 2. The number of imidazole rings is 2. The number of rotatable bonds is 15. The smallest absolute Gasteiger partial charge is 0.387 e. The Kier molecular flexibility index (Phi) is 11.5. The van der Waals surface area contributed by atoms with Gasteiger partial charge in [-0.05, 0) is 0 Å². The van der Waals surface area contributed by atoms with Gasteiger partial charge >= 0.3 is 31.3 Å². The number of fused-ring (bicyclic) bond motifs is 2. The lowest BCUT2D eigenvalue weighted by molar-refractivity contribution is -0.0581. The number of aliphatic hydroxyl groups is 2. The minimum atomic E-state index is -5.93. The van der Waals surface area contributed by atoms with Crippen LogP contribution in [-0.2, 0) is 54.7 Å². The molecule has 55 heavy (non-hydrogen) atoms. The van der Waals surface area contributed by atoms with Crippen LogP contribution in [0.2, 0.25) is 0 Å². The largest absolute Gasteiger partial charge is 0.490 e. The molecule has 0 spiro atoms. The van der Waals surface area contributed by atoms with Crippen LogP contribution < -0.4 is 17.0 Å². The van der Waals surface area contributed by atoms with E-state index >= 15 is 0 Å². The van der Waals surface area contributed by atoms with Crippen LogP contribution in [0.4, 0.5) is 11.8 Å². The summed E-state index contributed by atoms with van der Waals surface area (Å²) < 4.78 is 90.6. The predicted molar refractivity (Wildman–Crippen MR) is 173 cm³/mol. The highest BCUT2D eigenvalue weighted by Gasteiger charge is 2.53. The number of aromatic amines is 1. The molecule has 2 aliphatic heterocycles. The first-order valence-corrected chi connectivity index (χ1v) is 20.9. The summed E-state index contributed by atoms with van der Waals surface area (Å²) in [6.45, 7) is -2.12. The van der Waals surface area contributed by atoms with Crippen LogP contribution in [0.25, 0.3) is 22.3 Å². The number of hydrogen-bond donors (Lipinski definition) is 10. The molecule has 2 fully saturated rings. The fraction of sp³-hybridized carbons (Fsp3) is 0.524. The molecule has 30 nitrogen and oxygen atoms in total. The van der Waals surface area contributed by atoms with Crippen LogP contribution in [0.3, 0.4) is 0 Å². The van der Waals surface area contributed by atoms with Crippen molar-refractivity contribution in [2.75, 3.05) is 31.8 Å². The van der Waals surface area contributed by atoms with E-state index in [4.69, 9.17) is 49.0 Å². The molecule has 3 unspecified atom stereocenters. The van der Waals surface area contributed by atoms with Crippen molar-refractivity contribution in [3.05, 3.63) is 29.3 Å². The van der Waals surface area contributed by atoms with Crippen molar-refractivity contribution in [2.24, 2.45) is 0 Å². The zero-order valence-corrected chi connectivity index (χ0v) is 30.9. The number of nitrogens with two attached hydrogens (primary N) is 2. The summed E-state index contributed by atoms with van der Waals surface area (Å²) in [5, 5.41) is 21.4. The Hall–Kier alpha value is -3.18. The summed E-state index contributed by atoms with van der Waals surface area (Å²) >= 11 is 0. The molecule has 4 aromatic rings. The lowest BCUT2D eigenvalue weighted by atomic mass is 10.1. The average molecular weight is 866 g/mol. The Morgan fingerprint density at radius 3 is 2.07 bits per heavy atom. The van der Waals surface area contributed by atoms with Crippen molar-refractivity contribution in [2.45, 2.75) is 49.1 Å². The molecule has 0 radical (unpaired) electrons. The van der Waals surface area contributed by atoms with Gasteiger partial charge in [-0.25, -0.2) is 38.2 Å². The van der Waals surface area contributed by atoms with Gasteiger partial charge in [0.15, 0.2) is 35.1 Å². The normalized spacial score (nSPS) is 29.4. The maximum Gasteiger partial charge on any atom is 0.490 e. The van der Waals surface area contributed by atoms with Gasteiger partial charge in [-0.3, -0.25) is 32.5 Å². The van der Waals surface area contributed by atoms with Gasteiger partial charge in [0, 0.05) is 7.11 Å². The third kappa shape index (κ3) is 9.03. The number of phosphoric acid groups is 4. The molecule has 6 rings (SSSR count). The molecule has 4 aromatic heterocycles.